The Morgan fingerprint density at radius 1 is 1.41 bits per heavy atom. The van der Waals surface area contributed by atoms with Gasteiger partial charge in [0.1, 0.15) is 6.04 Å². The molecule has 2 N–H and O–H groups in total. The lowest BCUT2D eigenvalue weighted by Gasteiger charge is -2.28. The minimum absolute atomic E-state index is 0.200. The first-order valence-corrected chi connectivity index (χ1v) is 7.82. The average Bonchev–Trinajstić information content (AvgIpc) is 2.52. The number of hydrogen-bond donors (Lipinski definition) is 2. The fourth-order valence-electron chi connectivity index (χ4n) is 3.11. The molecular formula is C18H23NO3. The van der Waals surface area contributed by atoms with Crippen molar-refractivity contribution in [1.29, 1.82) is 0 Å². The first kappa shape index (κ1) is 16.3. The molecule has 0 heterocycles. The van der Waals surface area contributed by atoms with Gasteiger partial charge in [0.25, 0.3) is 0 Å². The number of carbonyl (C=O) groups excluding carboxylic acids is 1. The molecule has 118 valence electrons. The van der Waals surface area contributed by atoms with E-state index in [4.69, 9.17) is 0 Å². The van der Waals surface area contributed by atoms with Gasteiger partial charge in [0.15, 0.2) is 0 Å². The Balaban J connectivity index is 2.04. The molecule has 1 aliphatic carbocycles. The Bertz CT molecular complexity index is 553. The van der Waals surface area contributed by atoms with Crippen LogP contribution in [0.25, 0.3) is 0 Å². The maximum absolute atomic E-state index is 11.8. The van der Waals surface area contributed by atoms with E-state index in [0.29, 0.717) is 12.8 Å². The van der Waals surface area contributed by atoms with E-state index in [9.17, 15) is 14.7 Å². The number of fused-ring (bicyclic) bond motifs is 1. The normalized spacial score (nSPS) is 18.1. The molecule has 0 aromatic heterocycles. The van der Waals surface area contributed by atoms with Crippen LogP contribution >= 0.6 is 0 Å². The molecule has 22 heavy (non-hydrogen) atoms. The molecule has 1 aromatic carbocycles. The van der Waals surface area contributed by atoms with Crippen molar-refractivity contribution >= 4 is 11.9 Å². The Morgan fingerprint density at radius 3 is 2.91 bits per heavy atom. The van der Waals surface area contributed by atoms with Crippen molar-refractivity contribution in [2.24, 2.45) is 0 Å². The predicted molar refractivity (Wildman–Crippen MR) is 85.7 cm³/mol. The summed E-state index contributed by atoms with van der Waals surface area (Å²) < 4.78 is 0. The van der Waals surface area contributed by atoms with Gasteiger partial charge in [-0.15, -0.1) is 6.58 Å². The zero-order chi connectivity index (χ0) is 15.9. The van der Waals surface area contributed by atoms with Crippen molar-refractivity contribution in [3.63, 3.8) is 0 Å². The molecule has 0 saturated heterocycles. The highest BCUT2D eigenvalue weighted by Crippen LogP contribution is 2.34. The number of carboxylic acids is 1. The third-order valence-electron chi connectivity index (χ3n) is 4.22. The van der Waals surface area contributed by atoms with Crippen LogP contribution in [0.4, 0.5) is 0 Å². The van der Waals surface area contributed by atoms with Gasteiger partial charge in [-0.25, -0.2) is 4.79 Å². The van der Waals surface area contributed by atoms with Crippen LogP contribution in [0.3, 0.4) is 0 Å². The van der Waals surface area contributed by atoms with Crippen LogP contribution in [0.15, 0.2) is 36.9 Å². The van der Waals surface area contributed by atoms with Crippen molar-refractivity contribution < 1.29 is 14.7 Å². The fraction of sp³-hybridized carbons (Fsp3) is 0.444. The second-order valence-electron chi connectivity index (χ2n) is 5.81. The highest BCUT2D eigenvalue weighted by atomic mass is 16.4. The van der Waals surface area contributed by atoms with E-state index >= 15 is 0 Å². The van der Waals surface area contributed by atoms with Crippen molar-refractivity contribution in [3.05, 3.63) is 48.0 Å². The van der Waals surface area contributed by atoms with Gasteiger partial charge in [0, 0.05) is 6.42 Å². The maximum Gasteiger partial charge on any atom is 0.326 e. The van der Waals surface area contributed by atoms with Gasteiger partial charge in [0.05, 0.1) is 0 Å². The average molecular weight is 301 g/mol. The van der Waals surface area contributed by atoms with E-state index in [2.05, 4.69) is 24.0 Å². The first-order valence-electron chi connectivity index (χ1n) is 7.82. The van der Waals surface area contributed by atoms with E-state index < -0.39 is 12.0 Å². The molecular weight excluding hydrogens is 278 g/mol. The number of rotatable bonds is 7. The fourth-order valence-corrected chi connectivity index (χ4v) is 3.11. The second kappa shape index (κ2) is 7.78. The summed E-state index contributed by atoms with van der Waals surface area (Å²) in [7, 11) is 0. The molecule has 0 spiro atoms. The molecule has 4 heteroatoms. The van der Waals surface area contributed by atoms with Crippen molar-refractivity contribution in [2.75, 3.05) is 0 Å². The van der Waals surface area contributed by atoms with Crippen LogP contribution in [0, 0.1) is 0 Å². The summed E-state index contributed by atoms with van der Waals surface area (Å²) in [6, 6.07) is 7.38. The van der Waals surface area contributed by atoms with Gasteiger partial charge in [-0.1, -0.05) is 30.3 Å². The van der Waals surface area contributed by atoms with Gasteiger partial charge >= 0.3 is 5.97 Å². The van der Waals surface area contributed by atoms with Gasteiger partial charge in [0.2, 0.25) is 5.91 Å². The zero-order valence-electron chi connectivity index (χ0n) is 12.8. The molecule has 0 fully saturated rings. The lowest BCUT2D eigenvalue weighted by atomic mass is 9.79. The van der Waals surface area contributed by atoms with Crippen molar-refractivity contribution in [3.8, 4) is 0 Å². The first-order chi connectivity index (χ1) is 10.6. The summed E-state index contributed by atoms with van der Waals surface area (Å²) in [6.45, 7) is 3.57. The highest BCUT2D eigenvalue weighted by Gasteiger charge is 2.27. The number of allylic oxidation sites excluding steroid dienone is 1. The number of benzene rings is 1. The lowest BCUT2D eigenvalue weighted by molar-refractivity contribution is -0.142. The quantitative estimate of drug-likeness (QED) is 0.761. The third-order valence-corrected chi connectivity index (χ3v) is 4.22. The predicted octanol–water partition coefficient (Wildman–Crippen LogP) is 3.03. The summed E-state index contributed by atoms with van der Waals surface area (Å²) in [5, 5.41) is 12.0. The maximum atomic E-state index is 11.8. The van der Waals surface area contributed by atoms with Crippen LogP contribution in [0.5, 0.6) is 0 Å². The van der Waals surface area contributed by atoms with E-state index in [0.717, 1.165) is 19.3 Å². The second-order valence-corrected chi connectivity index (χ2v) is 5.81. The zero-order valence-corrected chi connectivity index (χ0v) is 12.8. The third kappa shape index (κ3) is 4.20. The van der Waals surface area contributed by atoms with Crippen LogP contribution < -0.4 is 5.32 Å². The molecule has 0 saturated carbocycles. The molecule has 1 aliphatic rings. The molecule has 2 rings (SSSR count). The van der Waals surface area contributed by atoms with Crippen molar-refractivity contribution in [1.82, 2.24) is 5.32 Å². The SMILES string of the molecule is C=CCCC(=O)NC(CC1CCCc2ccccc21)C(=O)O. The van der Waals surface area contributed by atoms with Gasteiger partial charge < -0.3 is 10.4 Å². The highest BCUT2D eigenvalue weighted by molar-refractivity contribution is 5.83. The molecule has 2 unspecified atom stereocenters. The Morgan fingerprint density at radius 2 is 2.18 bits per heavy atom. The summed E-state index contributed by atoms with van der Waals surface area (Å²) in [4.78, 5) is 23.2. The number of amides is 1. The van der Waals surface area contributed by atoms with Crippen LogP contribution in [-0.4, -0.2) is 23.0 Å². The minimum atomic E-state index is -0.963. The molecule has 4 nitrogen and oxygen atoms in total. The number of aliphatic carboxylic acids is 1. The smallest absolute Gasteiger partial charge is 0.326 e. The van der Waals surface area contributed by atoms with Crippen molar-refractivity contribution in [2.45, 2.75) is 50.5 Å². The number of carbonyl (C=O) groups is 2. The van der Waals surface area contributed by atoms with Gasteiger partial charge in [-0.3, -0.25) is 4.79 Å². The van der Waals surface area contributed by atoms with Crippen LogP contribution in [0.2, 0.25) is 0 Å². The molecule has 0 radical (unpaired) electrons. The van der Waals surface area contributed by atoms with E-state index in [1.54, 1.807) is 6.08 Å². The molecule has 1 amide bonds. The Kier molecular flexibility index (Phi) is 5.75. The molecule has 0 aliphatic heterocycles. The van der Waals surface area contributed by atoms with E-state index in [1.165, 1.54) is 11.1 Å². The number of nitrogens with one attached hydrogen (secondary N) is 1. The summed E-state index contributed by atoms with van der Waals surface area (Å²) >= 11 is 0. The summed E-state index contributed by atoms with van der Waals surface area (Å²) in [5.74, 6) is -0.989. The number of aryl methyl sites for hydroxylation is 1. The number of hydrogen-bond acceptors (Lipinski definition) is 2. The standard InChI is InChI=1S/C18H23NO3/c1-2-3-11-17(20)19-16(18(21)22)12-14-9-6-8-13-7-4-5-10-15(13)14/h2,4-5,7,10,14,16H,1,3,6,8-9,11-12H2,(H,19,20)(H,21,22). The number of carboxylic acid groups (broad SMARTS) is 1. The van der Waals surface area contributed by atoms with Crippen LogP contribution in [0.1, 0.15) is 49.1 Å². The Labute approximate surface area is 131 Å². The summed E-state index contributed by atoms with van der Waals surface area (Å²) in [6.07, 6.45) is 6.05. The minimum Gasteiger partial charge on any atom is -0.480 e. The molecule has 0 bridgehead atoms. The van der Waals surface area contributed by atoms with E-state index in [1.807, 2.05) is 12.1 Å². The van der Waals surface area contributed by atoms with Gasteiger partial charge in [-0.05, 0) is 49.1 Å². The summed E-state index contributed by atoms with van der Waals surface area (Å²) in [5.41, 5.74) is 2.54. The monoisotopic (exact) mass is 301 g/mol. The van der Waals surface area contributed by atoms with Gasteiger partial charge in [-0.2, -0.15) is 0 Å². The molecule has 1 aromatic rings. The van der Waals surface area contributed by atoms with Crippen LogP contribution in [-0.2, 0) is 16.0 Å². The largest absolute Gasteiger partial charge is 0.480 e. The Hall–Kier alpha value is -2.10. The van der Waals surface area contributed by atoms with E-state index in [-0.39, 0.29) is 18.2 Å². The molecule has 2 atom stereocenters. The lowest BCUT2D eigenvalue weighted by Crippen LogP contribution is -2.42. The topological polar surface area (TPSA) is 66.4 Å².